The predicted molar refractivity (Wildman–Crippen MR) is 122 cm³/mol. The number of aromatic hydroxyl groups is 1. The van der Waals surface area contributed by atoms with E-state index < -0.39 is 29.3 Å². The standard InChI is InChI=1S/C25H27FN2O6/c1-33-18-7-8-19(20(29)15-18)23(30)21-22(16-3-5-17(26)6-4-16)28(25(32)24(21)31)10-2-9-27-11-13-34-14-12-27/h3-8,15,22,29-30H,2,9-14H2,1H3/t22-/m1/s1. The highest BCUT2D eigenvalue weighted by Crippen LogP contribution is 2.41. The molecule has 2 heterocycles. The van der Waals surface area contributed by atoms with E-state index in [1.54, 1.807) is 0 Å². The Morgan fingerprint density at radius 2 is 1.82 bits per heavy atom. The van der Waals surface area contributed by atoms with Crippen LogP contribution >= 0.6 is 0 Å². The van der Waals surface area contributed by atoms with Crippen LogP contribution in [0.5, 0.6) is 11.5 Å². The Bertz CT molecular complexity index is 1100. The van der Waals surface area contributed by atoms with E-state index in [2.05, 4.69) is 4.90 Å². The van der Waals surface area contributed by atoms with E-state index in [1.165, 1.54) is 54.5 Å². The molecule has 8 nitrogen and oxygen atoms in total. The average molecular weight is 470 g/mol. The Balaban J connectivity index is 1.69. The lowest BCUT2D eigenvalue weighted by Gasteiger charge is -2.29. The summed E-state index contributed by atoms with van der Waals surface area (Å²) in [7, 11) is 1.44. The van der Waals surface area contributed by atoms with Crippen molar-refractivity contribution in [2.75, 3.05) is 46.5 Å². The van der Waals surface area contributed by atoms with Gasteiger partial charge in [0, 0.05) is 32.2 Å². The fourth-order valence-electron chi connectivity index (χ4n) is 4.38. The number of ether oxygens (including phenoxy) is 2. The maximum atomic E-state index is 13.6. The van der Waals surface area contributed by atoms with Crippen LogP contribution in [0, 0.1) is 5.82 Å². The highest BCUT2D eigenvalue weighted by atomic mass is 19.1. The minimum absolute atomic E-state index is 0.000714. The van der Waals surface area contributed by atoms with Crippen LogP contribution in [-0.4, -0.2) is 78.2 Å². The molecule has 1 amide bonds. The van der Waals surface area contributed by atoms with Gasteiger partial charge in [0.25, 0.3) is 11.7 Å². The summed E-state index contributed by atoms with van der Waals surface area (Å²) in [5.41, 5.74) is 0.337. The molecule has 4 rings (SSSR count). The van der Waals surface area contributed by atoms with Gasteiger partial charge in [0.15, 0.2) is 0 Å². The number of carbonyl (C=O) groups is 2. The first-order valence-corrected chi connectivity index (χ1v) is 11.1. The summed E-state index contributed by atoms with van der Waals surface area (Å²) in [5.74, 6) is -2.48. The van der Waals surface area contributed by atoms with Crippen molar-refractivity contribution in [2.45, 2.75) is 12.5 Å². The molecular formula is C25H27FN2O6. The fraction of sp³-hybridized carbons (Fsp3) is 0.360. The molecule has 2 aliphatic heterocycles. The van der Waals surface area contributed by atoms with Crippen molar-refractivity contribution in [3.05, 3.63) is 65.0 Å². The summed E-state index contributed by atoms with van der Waals surface area (Å²) in [5, 5.41) is 21.5. The summed E-state index contributed by atoms with van der Waals surface area (Å²) >= 11 is 0. The average Bonchev–Trinajstić information content (AvgIpc) is 3.09. The number of carbonyl (C=O) groups excluding carboxylic acids is 2. The third-order valence-corrected chi connectivity index (χ3v) is 6.16. The van der Waals surface area contributed by atoms with Gasteiger partial charge >= 0.3 is 0 Å². The zero-order valence-electron chi connectivity index (χ0n) is 18.9. The highest BCUT2D eigenvalue weighted by molar-refractivity contribution is 6.46. The van der Waals surface area contributed by atoms with Crippen molar-refractivity contribution in [1.82, 2.24) is 9.80 Å². The van der Waals surface area contributed by atoms with Crippen LogP contribution in [0.3, 0.4) is 0 Å². The van der Waals surface area contributed by atoms with E-state index in [0.717, 1.165) is 19.6 Å². The number of halogens is 1. The van der Waals surface area contributed by atoms with Crippen LogP contribution < -0.4 is 4.74 Å². The van der Waals surface area contributed by atoms with Gasteiger partial charge in [-0.05, 0) is 36.2 Å². The zero-order chi connectivity index (χ0) is 24.2. The van der Waals surface area contributed by atoms with E-state index in [-0.39, 0.29) is 23.4 Å². The quantitative estimate of drug-likeness (QED) is 0.365. The smallest absolute Gasteiger partial charge is 0.295 e. The summed E-state index contributed by atoms with van der Waals surface area (Å²) in [6.45, 7) is 3.92. The van der Waals surface area contributed by atoms with Crippen molar-refractivity contribution in [3.63, 3.8) is 0 Å². The molecule has 1 atom stereocenters. The van der Waals surface area contributed by atoms with E-state index in [4.69, 9.17) is 9.47 Å². The van der Waals surface area contributed by atoms with Crippen LogP contribution in [0.4, 0.5) is 4.39 Å². The molecule has 0 radical (unpaired) electrons. The van der Waals surface area contributed by atoms with Gasteiger partial charge in [-0.15, -0.1) is 0 Å². The van der Waals surface area contributed by atoms with Gasteiger partial charge in [0.1, 0.15) is 23.1 Å². The lowest BCUT2D eigenvalue weighted by Crippen LogP contribution is -2.38. The molecule has 2 N–H and O–H groups in total. The number of phenols is 1. The minimum atomic E-state index is -0.910. The second-order valence-corrected chi connectivity index (χ2v) is 8.23. The molecule has 180 valence electrons. The summed E-state index contributed by atoms with van der Waals surface area (Å²) in [6, 6.07) is 8.80. The first-order chi connectivity index (χ1) is 16.4. The molecule has 2 aromatic rings. The van der Waals surface area contributed by atoms with Crippen LogP contribution in [0.25, 0.3) is 5.76 Å². The number of methoxy groups -OCH3 is 1. The summed E-state index contributed by atoms with van der Waals surface area (Å²) in [4.78, 5) is 29.7. The largest absolute Gasteiger partial charge is 0.507 e. The number of aliphatic hydroxyl groups is 1. The zero-order valence-corrected chi connectivity index (χ0v) is 18.9. The number of Topliss-reactive ketones (excluding diaryl/α,β-unsaturated/α-hetero) is 1. The first-order valence-electron chi connectivity index (χ1n) is 11.1. The summed E-state index contributed by atoms with van der Waals surface area (Å²) < 4.78 is 24.0. The first kappa shape index (κ1) is 23.7. The topological polar surface area (TPSA) is 99.5 Å². The number of nitrogens with zero attached hydrogens (tertiary/aromatic N) is 2. The molecule has 0 aromatic heterocycles. The Morgan fingerprint density at radius 3 is 2.47 bits per heavy atom. The SMILES string of the molecule is COc1ccc(C(O)=C2C(=O)C(=O)N(CCCN3CCOCC3)[C@@H]2c2ccc(F)cc2)c(O)c1. The number of morpholine rings is 1. The van der Waals surface area contributed by atoms with E-state index in [1.807, 2.05) is 0 Å². The molecule has 34 heavy (non-hydrogen) atoms. The lowest BCUT2D eigenvalue weighted by atomic mass is 9.95. The molecular weight excluding hydrogens is 443 g/mol. The van der Waals surface area contributed by atoms with Crippen LogP contribution in [-0.2, 0) is 14.3 Å². The van der Waals surface area contributed by atoms with Gasteiger partial charge in [-0.1, -0.05) is 12.1 Å². The third-order valence-electron chi connectivity index (χ3n) is 6.16. The number of rotatable bonds is 7. The second kappa shape index (κ2) is 10.2. The Kier molecular flexibility index (Phi) is 7.14. The predicted octanol–water partition coefficient (Wildman–Crippen LogP) is 2.68. The fourth-order valence-corrected chi connectivity index (χ4v) is 4.38. The van der Waals surface area contributed by atoms with Gasteiger partial charge < -0.3 is 24.6 Å². The number of ketones is 1. The number of hydrogen-bond acceptors (Lipinski definition) is 7. The maximum absolute atomic E-state index is 13.6. The molecule has 0 unspecified atom stereocenters. The molecule has 9 heteroatoms. The van der Waals surface area contributed by atoms with Crippen LogP contribution in [0.1, 0.15) is 23.6 Å². The van der Waals surface area contributed by atoms with Crippen molar-refractivity contribution in [2.24, 2.45) is 0 Å². The van der Waals surface area contributed by atoms with Gasteiger partial charge in [0.2, 0.25) is 0 Å². The molecule has 0 aliphatic carbocycles. The molecule has 2 aromatic carbocycles. The Labute approximate surface area is 196 Å². The molecule has 2 aliphatic rings. The number of phenolic OH excluding ortho intramolecular Hbond substituents is 1. The summed E-state index contributed by atoms with van der Waals surface area (Å²) in [6.07, 6.45) is 0.610. The highest BCUT2D eigenvalue weighted by Gasteiger charge is 2.46. The normalized spacial score (nSPS) is 20.6. The number of aliphatic hydroxyl groups excluding tert-OH is 1. The van der Waals surface area contributed by atoms with Crippen molar-refractivity contribution < 1.29 is 33.7 Å². The Hall–Kier alpha value is -3.43. The van der Waals surface area contributed by atoms with Crippen molar-refractivity contribution in [1.29, 1.82) is 0 Å². The molecule has 2 saturated heterocycles. The van der Waals surface area contributed by atoms with Gasteiger partial charge in [0.05, 0.1) is 37.5 Å². The minimum Gasteiger partial charge on any atom is -0.507 e. The number of amides is 1. The van der Waals surface area contributed by atoms with E-state index >= 15 is 0 Å². The van der Waals surface area contributed by atoms with Crippen molar-refractivity contribution >= 4 is 17.4 Å². The van der Waals surface area contributed by atoms with Crippen LogP contribution in [0.15, 0.2) is 48.0 Å². The molecule has 0 saturated carbocycles. The van der Waals surface area contributed by atoms with Gasteiger partial charge in [-0.3, -0.25) is 14.5 Å². The molecule has 0 spiro atoms. The Morgan fingerprint density at radius 1 is 1.12 bits per heavy atom. The van der Waals surface area contributed by atoms with Gasteiger partial charge in [-0.25, -0.2) is 4.39 Å². The van der Waals surface area contributed by atoms with Crippen LogP contribution in [0.2, 0.25) is 0 Å². The van der Waals surface area contributed by atoms with Crippen molar-refractivity contribution in [3.8, 4) is 11.5 Å². The van der Waals surface area contributed by atoms with E-state index in [0.29, 0.717) is 30.9 Å². The molecule has 2 fully saturated rings. The number of hydrogen-bond donors (Lipinski definition) is 2. The van der Waals surface area contributed by atoms with E-state index in [9.17, 15) is 24.2 Å². The monoisotopic (exact) mass is 470 g/mol. The molecule has 0 bridgehead atoms. The second-order valence-electron chi connectivity index (χ2n) is 8.23. The lowest BCUT2D eigenvalue weighted by molar-refractivity contribution is -0.140. The number of likely N-dealkylation sites (tertiary alicyclic amines) is 1. The number of benzene rings is 2. The third kappa shape index (κ3) is 4.76. The van der Waals surface area contributed by atoms with Gasteiger partial charge in [-0.2, -0.15) is 0 Å². The maximum Gasteiger partial charge on any atom is 0.295 e.